The molecule has 3 heteroatoms. The molecule has 0 aromatic heterocycles. The average Bonchev–Trinajstić information content (AvgIpc) is 2.56. The summed E-state index contributed by atoms with van der Waals surface area (Å²) in [7, 11) is 1.35. The van der Waals surface area contributed by atoms with Crippen molar-refractivity contribution in [2.24, 2.45) is 16.7 Å². The number of esters is 1. The molecule has 0 saturated heterocycles. The monoisotopic (exact) mass is 248 g/mol. The fourth-order valence-electron chi connectivity index (χ4n) is 3.68. The van der Waals surface area contributed by atoms with E-state index in [0.717, 1.165) is 12.0 Å². The first-order valence-corrected chi connectivity index (χ1v) is 6.31. The van der Waals surface area contributed by atoms with E-state index in [4.69, 9.17) is 4.74 Å². The lowest BCUT2D eigenvalue weighted by atomic mass is 9.63. The second-order valence-electron chi connectivity index (χ2n) is 5.88. The number of hydrogen-bond acceptors (Lipinski definition) is 3. The molecule has 2 aliphatic rings. The number of methoxy groups -OCH3 is 1. The summed E-state index contributed by atoms with van der Waals surface area (Å²) in [6, 6.07) is 0. The van der Waals surface area contributed by atoms with Gasteiger partial charge in [-0.2, -0.15) is 0 Å². The van der Waals surface area contributed by atoms with E-state index < -0.39 is 11.4 Å². The van der Waals surface area contributed by atoms with Gasteiger partial charge in [-0.1, -0.05) is 25.2 Å². The first kappa shape index (κ1) is 13.1. The Balaban J connectivity index is 2.45. The van der Waals surface area contributed by atoms with Crippen molar-refractivity contribution in [3.8, 4) is 0 Å². The molecule has 0 N–H and O–H groups in total. The first-order chi connectivity index (χ1) is 8.39. The lowest BCUT2D eigenvalue weighted by Crippen LogP contribution is -2.46. The van der Waals surface area contributed by atoms with Gasteiger partial charge in [-0.3, -0.25) is 9.59 Å². The molecular weight excluding hydrogens is 228 g/mol. The minimum atomic E-state index is -0.980. The minimum absolute atomic E-state index is 0.0189. The second kappa shape index (κ2) is 4.08. The summed E-state index contributed by atoms with van der Waals surface area (Å²) in [6.45, 7) is 9.87. The number of ether oxygens (including phenoxy) is 1. The van der Waals surface area contributed by atoms with E-state index in [-0.39, 0.29) is 17.1 Å². The number of Topliss-reactive ketones (excluding diaryl/α,β-unsaturated/α-hetero) is 1. The van der Waals surface area contributed by atoms with E-state index in [1.54, 1.807) is 6.08 Å². The van der Waals surface area contributed by atoms with Crippen LogP contribution in [-0.4, -0.2) is 18.9 Å². The molecule has 98 valence electrons. The van der Waals surface area contributed by atoms with Crippen LogP contribution < -0.4 is 0 Å². The highest BCUT2D eigenvalue weighted by atomic mass is 16.5. The van der Waals surface area contributed by atoms with E-state index in [2.05, 4.69) is 20.1 Å². The predicted molar refractivity (Wildman–Crippen MR) is 68.9 cm³/mol. The standard InChI is InChI=1S/C15H20O3/c1-5-6-11-8-14(3)9-15(12(11)16,7-10(14)2)13(17)18-4/h5,11H,1-2,6-9H2,3-4H3/t11-,14-,15+/m1/s1. The summed E-state index contributed by atoms with van der Waals surface area (Å²) in [6.07, 6.45) is 4.15. The summed E-state index contributed by atoms with van der Waals surface area (Å²) < 4.78 is 4.87. The van der Waals surface area contributed by atoms with Crippen LogP contribution >= 0.6 is 0 Å². The van der Waals surface area contributed by atoms with Gasteiger partial charge in [0.25, 0.3) is 0 Å². The largest absolute Gasteiger partial charge is 0.468 e. The fraction of sp³-hybridized carbons (Fsp3) is 0.600. The van der Waals surface area contributed by atoms with Crippen molar-refractivity contribution in [2.75, 3.05) is 7.11 Å². The van der Waals surface area contributed by atoms with Gasteiger partial charge in [-0.25, -0.2) is 0 Å². The zero-order chi connectivity index (χ0) is 13.6. The number of hydrogen-bond donors (Lipinski definition) is 0. The van der Waals surface area contributed by atoms with Crippen LogP contribution in [-0.2, 0) is 14.3 Å². The van der Waals surface area contributed by atoms with E-state index in [0.29, 0.717) is 19.3 Å². The average molecular weight is 248 g/mol. The number of fused-ring (bicyclic) bond motifs is 2. The van der Waals surface area contributed by atoms with Crippen LogP contribution in [0.4, 0.5) is 0 Å². The molecule has 0 unspecified atom stereocenters. The van der Waals surface area contributed by atoms with Crippen LogP contribution in [0.2, 0.25) is 0 Å². The number of allylic oxidation sites excluding steroid dienone is 2. The molecule has 3 nitrogen and oxygen atoms in total. The third kappa shape index (κ3) is 1.57. The van der Waals surface area contributed by atoms with Gasteiger partial charge >= 0.3 is 5.97 Å². The van der Waals surface area contributed by atoms with Crippen LogP contribution in [0.1, 0.15) is 32.6 Å². The summed E-state index contributed by atoms with van der Waals surface area (Å²) >= 11 is 0. The lowest BCUT2D eigenvalue weighted by molar-refractivity contribution is -0.162. The topological polar surface area (TPSA) is 43.4 Å². The highest BCUT2D eigenvalue weighted by molar-refractivity contribution is 6.06. The molecule has 0 radical (unpaired) electrons. The van der Waals surface area contributed by atoms with Crippen molar-refractivity contribution in [3.05, 3.63) is 24.8 Å². The highest BCUT2D eigenvalue weighted by Gasteiger charge is 2.63. The molecule has 3 atom stereocenters. The van der Waals surface area contributed by atoms with Crippen molar-refractivity contribution >= 4 is 11.8 Å². The Hall–Kier alpha value is -1.38. The Morgan fingerprint density at radius 2 is 2.28 bits per heavy atom. The normalized spacial score (nSPS) is 38.7. The van der Waals surface area contributed by atoms with Gasteiger partial charge in [-0.05, 0) is 31.1 Å². The molecule has 0 aromatic rings. The van der Waals surface area contributed by atoms with Crippen molar-refractivity contribution in [1.29, 1.82) is 0 Å². The molecule has 2 aliphatic carbocycles. The maximum atomic E-state index is 12.6. The molecule has 2 saturated carbocycles. The zero-order valence-electron chi connectivity index (χ0n) is 11.1. The van der Waals surface area contributed by atoms with Gasteiger partial charge in [0.1, 0.15) is 5.41 Å². The van der Waals surface area contributed by atoms with E-state index in [1.165, 1.54) is 7.11 Å². The van der Waals surface area contributed by atoms with Gasteiger partial charge in [0.2, 0.25) is 0 Å². The molecule has 18 heavy (non-hydrogen) atoms. The second-order valence-corrected chi connectivity index (χ2v) is 5.88. The van der Waals surface area contributed by atoms with Gasteiger partial charge in [0.05, 0.1) is 7.11 Å². The van der Waals surface area contributed by atoms with Crippen LogP contribution in [0.15, 0.2) is 24.8 Å². The zero-order valence-corrected chi connectivity index (χ0v) is 11.1. The van der Waals surface area contributed by atoms with Crippen molar-refractivity contribution in [3.63, 3.8) is 0 Å². The quantitative estimate of drug-likeness (QED) is 0.438. The summed E-state index contributed by atoms with van der Waals surface area (Å²) in [4.78, 5) is 24.7. The fourth-order valence-corrected chi connectivity index (χ4v) is 3.68. The van der Waals surface area contributed by atoms with Crippen molar-refractivity contribution in [2.45, 2.75) is 32.6 Å². The molecule has 0 aliphatic heterocycles. The van der Waals surface area contributed by atoms with Gasteiger partial charge in [-0.15, -0.1) is 6.58 Å². The molecule has 0 heterocycles. The Bertz CT molecular complexity index is 437. The predicted octanol–water partition coefficient (Wildman–Crippen LogP) is 2.67. The molecule has 0 aromatic carbocycles. The van der Waals surface area contributed by atoms with E-state index in [1.807, 2.05) is 0 Å². The maximum absolute atomic E-state index is 12.6. The Kier molecular flexibility index (Phi) is 2.96. The van der Waals surface area contributed by atoms with Crippen LogP contribution in [0.3, 0.4) is 0 Å². The van der Waals surface area contributed by atoms with Gasteiger partial charge in [0.15, 0.2) is 5.78 Å². The summed E-state index contributed by atoms with van der Waals surface area (Å²) in [5.74, 6) is -0.504. The Labute approximate surface area is 108 Å². The van der Waals surface area contributed by atoms with E-state index >= 15 is 0 Å². The summed E-state index contributed by atoms with van der Waals surface area (Å²) in [5, 5.41) is 0. The summed E-state index contributed by atoms with van der Waals surface area (Å²) in [5.41, 5.74) is -0.0877. The van der Waals surface area contributed by atoms with Crippen LogP contribution in [0.5, 0.6) is 0 Å². The third-order valence-electron chi connectivity index (χ3n) is 4.63. The third-order valence-corrected chi connectivity index (χ3v) is 4.63. The smallest absolute Gasteiger partial charge is 0.319 e. The molecular formula is C15H20O3. The molecule has 2 bridgehead atoms. The van der Waals surface area contributed by atoms with E-state index in [9.17, 15) is 9.59 Å². The van der Waals surface area contributed by atoms with Crippen molar-refractivity contribution in [1.82, 2.24) is 0 Å². The number of rotatable bonds is 3. The first-order valence-electron chi connectivity index (χ1n) is 6.31. The maximum Gasteiger partial charge on any atom is 0.319 e. The van der Waals surface area contributed by atoms with Gasteiger partial charge < -0.3 is 4.74 Å². The van der Waals surface area contributed by atoms with Gasteiger partial charge in [0, 0.05) is 5.92 Å². The molecule has 2 rings (SSSR count). The van der Waals surface area contributed by atoms with Crippen molar-refractivity contribution < 1.29 is 14.3 Å². The Morgan fingerprint density at radius 3 is 2.83 bits per heavy atom. The number of carbonyl (C=O) groups is 2. The lowest BCUT2D eigenvalue weighted by Gasteiger charge is -2.38. The number of ketones is 1. The highest BCUT2D eigenvalue weighted by Crippen LogP contribution is 2.61. The molecule has 0 spiro atoms. The van der Waals surface area contributed by atoms with Crippen LogP contribution in [0.25, 0.3) is 0 Å². The minimum Gasteiger partial charge on any atom is -0.468 e. The number of carbonyl (C=O) groups excluding carboxylic acids is 2. The molecule has 2 fully saturated rings. The van der Waals surface area contributed by atoms with Crippen LogP contribution in [0, 0.1) is 16.7 Å². The Morgan fingerprint density at radius 1 is 1.61 bits per heavy atom. The SMILES string of the molecule is C=CC[C@@H]1C[C@]2(C)C[C@@](C(=O)OC)(CC2=C)C1=O. The molecule has 0 amide bonds.